The monoisotopic (exact) mass is 425 g/mol. The number of amides is 1. The number of rotatable bonds is 7. The Morgan fingerprint density at radius 3 is 2.83 bits per heavy atom. The molecule has 0 unspecified atom stereocenters. The number of hydrogen-bond acceptors (Lipinski definition) is 6. The van der Waals surface area contributed by atoms with E-state index < -0.39 is 0 Å². The number of carbonyl (C=O) groups is 1. The predicted octanol–water partition coefficient (Wildman–Crippen LogP) is 3.90. The smallest absolute Gasteiger partial charge is 0.262 e. The summed E-state index contributed by atoms with van der Waals surface area (Å²) in [6.45, 7) is 4.99. The van der Waals surface area contributed by atoms with Crippen molar-refractivity contribution in [2.24, 2.45) is 5.92 Å². The van der Waals surface area contributed by atoms with Crippen molar-refractivity contribution in [1.29, 1.82) is 0 Å². The van der Waals surface area contributed by atoms with Crippen LogP contribution in [0.4, 0.5) is 5.69 Å². The van der Waals surface area contributed by atoms with Crippen LogP contribution >= 0.6 is 11.8 Å². The van der Waals surface area contributed by atoms with Crippen molar-refractivity contribution in [3.05, 3.63) is 52.8 Å². The molecule has 0 radical (unpaired) electrons. The molecule has 1 aliphatic heterocycles. The molecule has 0 saturated carbocycles. The Kier molecular flexibility index (Phi) is 5.94. The third kappa shape index (κ3) is 4.43. The second-order valence-corrected chi connectivity index (χ2v) is 8.40. The van der Waals surface area contributed by atoms with Crippen LogP contribution < -0.4 is 20.3 Å². The molecule has 1 N–H and O–H groups in total. The normalized spacial score (nSPS) is 12.5. The number of fused-ring (bicyclic) bond motifs is 2. The van der Waals surface area contributed by atoms with Crippen molar-refractivity contribution in [2.75, 3.05) is 17.9 Å². The predicted molar refractivity (Wildman–Crippen MR) is 117 cm³/mol. The van der Waals surface area contributed by atoms with Gasteiger partial charge in [-0.05, 0) is 36.6 Å². The van der Waals surface area contributed by atoms with Crippen LogP contribution in [0, 0.1) is 5.92 Å². The first-order valence-corrected chi connectivity index (χ1v) is 10.8. The number of para-hydroxylation sites is 1. The lowest BCUT2D eigenvalue weighted by Crippen LogP contribution is -2.25. The molecule has 156 valence electrons. The standard InChI is InChI=1S/C22H23N3O4S/c1-14(2)9-10-25-21(27)16-5-3-4-6-17(16)24-22(25)30-12-20(26)23-15-7-8-18-19(11-15)29-13-28-18/h3-8,11,14H,9-10,12-13H2,1-2H3,(H,23,26). The number of nitrogens with zero attached hydrogens (tertiary/aromatic N) is 2. The molecule has 4 rings (SSSR count). The van der Waals surface area contributed by atoms with Gasteiger partial charge in [-0.1, -0.05) is 37.7 Å². The number of hydrogen-bond donors (Lipinski definition) is 1. The number of carbonyl (C=O) groups excluding carboxylic acids is 1. The maximum absolute atomic E-state index is 13.0. The lowest BCUT2D eigenvalue weighted by atomic mass is 10.1. The van der Waals surface area contributed by atoms with Gasteiger partial charge in [-0.15, -0.1) is 0 Å². The van der Waals surface area contributed by atoms with E-state index in [2.05, 4.69) is 24.1 Å². The van der Waals surface area contributed by atoms with Gasteiger partial charge in [-0.3, -0.25) is 14.2 Å². The van der Waals surface area contributed by atoms with Crippen molar-refractivity contribution in [1.82, 2.24) is 9.55 Å². The molecule has 2 heterocycles. The maximum atomic E-state index is 13.0. The third-order valence-electron chi connectivity index (χ3n) is 4.75. The summed E-state index contributed by atoms with van der Waals surface area (Å²) in [5, 5.41) is 4.00. The molecule has 0 bridgehead atoms. The maximum Gasteiger partial charge on any atom is 0.262 e. The highest BCUT2D eigenvalue weighted by Gasteiger charge is 2.16. The van der Waals surface area contributed by atoms with Gasteiger partial charge in [0.15, 0.2) is 16.7 Å². The van der Waals surface area contributed by atoms with E-state index in [9.17, 15) is 9.59 Å². The van der Waals surface area contributed by atoms with Crippen LogP contribution in [0.2, 0.25) is 0 Å². The summed E-state index contributed by atoms with van der Waals surface area (Å²) in [5.74, 6) is 1.68. The van der Waals surface area contributed by atoms with Gasteiger partial charge in [-0.2, -0.15) is 0 Å². The summed E-state index contributed by atoms with van der Waals surface area (Å²) in [6, 6.07) is 12.6. The molecule has 0 spiro atoms. The molecule has 0 aliphatic carbocycles. The van der Waals surface area contributed by atoms with Crippen LogP contribution in [0.1, 0.15) is 20.3 Å². The van der Waals surface area contributed by atoms with Gasteiger partial charge in [-0.25, -0.2) is 4.98 Å². The number of nitrogens with one attached hydrogen (secondary N) is 1. The molecule has 1 amide bonds. The second kappa shape index (κ2) is 8.79. The van der Waals surface area contributed by atoms with E-state index in [0.29, 0.717) is 45.7 Å². The van der Waals surface area contributed by atoms with E-state index in [1.54, 1.807) is 28.8 Å². The van der Waals surface area contributed by atoms with Crippen LogP contribution in [0.3, 0.4) is 0 Å². The molecule has 8 heteroatoms. The number of thioether (sulfide) groups is 1. The van der Waals surface area contributed by atoms with Crippen molar-refractivity contribution < 1.29 is 14.3 Å². The van der Waals surface area contributed by atoms with E-state index in [0.717, 1.165) is 6.42 Å². The average molecular weight is 426 g/mol. The Balaban J connectivity index is 1.51. The first-order chi connectivity index (χ1) is 14.5. The number of anilines is 1. The number of ether oxygens (including phenoxy) is 2. The van der Waals surface area contributed by atoms with E-state index in [4.69, 9.17) is 9.47 Å². The van der Waals surface area contributed by atoms with E-state index in [-0.39, 0.29) is 24.0 Å². The summed E-state index contributed by atoms with van der Waals surface area (Å²) < 4.78 is 12.3. The Labute approximate surface area is 178 Å². The molecule has 1 aliphatic rings. The molecular formula is C22H23N3O4S. The van der Waals surface area contributed by atoms with Gasteiger partial charge >= 0.3 is 0 Å². The fourth-order valence-corrected chi connectivity index (χ4v) is 3.97. The first-order valence-electron chi connectivity index (χ1n) is 9.83. The van der Waals surface area contributed by atoms with Gasteiger partial charge in [0.05, 0.1) is 16.7 Å². The fraction of sp³-hybridized carbons (Fsp3) is 0.318. The second-order valence-electron chi connectivity index (χ2n) is 7.46. The lowest BCUT2D eigenvalue weighted by Gasteiger charge is -2.14. The molecule has 7 nitrogen and oxygen atoms in total. The zero-order chi connectivity index (χ0) is 21.1. The van der Waals surface area contributed by atoms with Crippen molar-refractivity contribution in [3.8, 4) is 11.5 Å². The molecule has 0 saturated heterocycles. The SMILES string of the molecule is CC(C)CCn1c(SCC(=O)Nc2ccc3c(c2)OCO3)nc2ccccc2c1=O. The zero-order valence-corrected chi connectivity index (χ0v) is 17.7. The van der Waals surface area contributed by atoms with Crippen LogP contribution in [0.5, 0.6) is 11.5 Å². The largest absolute Gasteiger partial charge is 0.454 e. The van der Waals surface area contributed by atoms with E-state index in [1.165, 1.54) is 11.8 Å². The molecule has 3 aromatic rings. The Hall–Kier alpha value is -3.00. The fourth-order valence-electron chi connectivity index (χ4n) is 3.14. The van der Waals surface area contributed by atoms with Gasteiger partial charge in [0.25, 0.3) is 5.56 Å². The summed E-state index contributed by atoms with van der Waals surface area (Å²) in [6.07, 6.45) is 0.858. The van der Waals surface area contributed by atoms with Crippen molar-refractivity contribution in [2.45, 2.75) is 32.0 Å². The van der Waals surface area contributed by atoms with Crippen molar-refractivity contribution >= 4 is 34.3 Å². The molecular weight excluding hydrogens is 402 g/mol. The quantitative estimate of drug-likeness (QED) is 0.457. The van der Waals surface area contributed by atoms with Crippen LogP contribution in [0.15, 0.2) is 52.4 Å². The van der Waals surface area contributed by atoms with Crippen molar-refractivity contribution in [3.63, 3.8) is 0 Å². The van der Waals surface area contributed by atoms with E-state index in [1.807, 2.05) is 18.2 Å². The van der Waals surface area contributed by atoms with Gasteiger partial charge in [0.1, 0.15) is 0 Å². The Morgan fingerprint density at radius 2 is 2.00 bits per heavy atom. The number of benzene rings is 2. The minimum Gasteiger partial charge on any atom is -0.454 e. The third-order valence-corrected chi connectivity index (χ3v) is 5.72. The number of aromatic nitrogens is 2. The molecule has 0 atom stereocenters. The molecule has 2 aromatic carbocycles. The van der Waals surface area contributed by atoms with Crippen LogP contribution in [-0.4, -0.2) is 28.0 Å². The summed E-state index contributed by atoms with van der Waals surface area (Å²) in [7, 11) is 0. The lowest BCUT2D eigenvalue weighted by molar-refractivity contribution is -0.113. The molecule has 0 fully saturated rings. The zero-order valence-electron chi connectivity index (χ0n) is 16.9. The van der Waals surface area contributed by atoms with Gasteiger partial charge in [0, 0.05) is 18.3 Å². The Morgan fingerprint density at radius 1 is 1.20 bits per heavy atom. The molecule has 1 aromatic heterocycles. The highest BCUT2D eigenvalue weighted by atomic mass is 32.2. The minimum atomic E-state index is -0.184. The summed E-state index contributed by atoms with van der Waals surface area (Å²) in [4.78, 5) is 30.1. The Bertz CT molecular complexity index is 1140. The van der Waals surface area contributed by atoms with Gasteiger partial charge < -0.3 is 14.8 Å². The van der Waals surface area contributed by atoms with Crippen LogP contribution in [-0.2, 0) is 11.3 Å². The summed E-state index contributed by atoms with van der Waals surface area (Å²) in [5.41, 5.74) is 1.20. The first kappa shape index (κ1) is 20.3. The highest BCUT2D eigenvalue weighted by molar-refractivity contribution is 7.99. The summed E-state index contributed by atoms with van der Waals surface area (Å²) >= 11 is 1.26. The highest BCUT2D eigenvalue weighted by Crippen LogP contribution is 2.34. The molecule has 30 heavy (non-hydrogen) atoms. The van der Waals surface area contributed by atoms with Gasteiger partial charge in [0.2, 0.25) is 12.7 Å². The topological polar surface area (TPSA) is 82.5 Å². The van der Waals surface area contributed by atoms with Crippen LogP contribution in [0.25, 0.3) is 10.9 Å². The van der Waals surface area contributed by atoms with E-state index >= 15 is 0 Å². The minimum absolute atomic E-state index is 0.0695. The average Bonchev–Trinajstić information content (AvgIpc) is 3.19.